The Morgan fingerprint density at radius 3 is 2.47 bits per heavy atom. The number of carbonyl (C=O) groups is 2. The molecule has 5 nitrogen and oxygen atoms in total. The van der Waals surface area contributed by atoms with Crippen molar-refractivity contribution in [3.05, 3.63) is 62.5 Å². The number of nitrogens with one attached hydrogen (secondary N) is 1. The van der Waals surface area contributed by atoms with Crippen molar-refractivity contribution >= 4 is 62.4 Å². The van der Waals surface area contributed by atoms with Gasteiger partial charge in [0.05, 0.1) is 26.7 Å². The minimum Gasteiger partial charge on any atom is -0.326 e. The van der Waals surface area contributed by atoms with Crippen LogP contribution in [0.2, 0.25) is 10.0 Å². The van der Waals surface area contributed by atoms with Gasteiger partial charge in [0.2, 0.25) is 5.91 Å². The quantitative estimate of drug-likeness (QED) is 0.333. The van der Waals surface area contributed by atoms with Gasteiger partial charge in [-0.1, -0.05) is 61.3 Å². The Kier molecular flexibility index (Phi) is 5.93. The second-order valence-electron chi connectivity index (χ2n) is 9.20. The van der Waals surface area contributed by atoms with Gasteiger partial charge in [0.15, 0.2) is 0 Å². The van der Waals surface area contributed by atoms with E-state index in [1.807, 2.05) is 6.07 Å². The Labute approximate surface area is 205 Å². The Balaban J connectivity index is 1.60. The normalized spacial score (nSPS) is 26.9. The van der Waals surface area contributed by atoms with Crippen LogP contribution in [0.25, 0.3) is 0 Å². The van der Waals surface area contributed by atoms with Gasteiger partial charge in [0.1, 0.15) is 0 Å². The molecule has 2 atom stereocenters. The number of hydrogen-bond donors (Lipinski definition) is 1. The highest BCUT2D eigenvalue weighted by molar-refractivity contribution is 9.10. The van der Waals surface area contributed by atoms with Gasteiger partial charge in [-0.3, -0.25) is 4.79 Å². The topological polar surface area (TPSA) is 67.8 Å². The number of amides is 1. The van der Waals surface area contributed by atoms with E-state index in [1.54, 1.807) is 36.4 Å². The van der Waals surface area contributed by atoms with E-state index in [-0.39, 0.29) is 11.3 Å². The predicted molar refractivity (Wildman–Crippen MR) is 130 cm³/mol. The fourth-order valence-electron chi connectivity index (χ4n) is 5.12. The zero-order valence-corrected chi connectivity index (χ0v) is 21.1. The van der Waals surface area contributed by atoms with E-state index in [2.05, 4.69) is 47.2 Å². The van der Waals surface area contributed by atoms with Crippen molar-refractivity contribution in [2.75, 3.05) is 5.32 Å². The van der Waals surface area contributed by atoms with E-state index in [9.17, 15) is 9.59 Å². The molecule has 2 aromatic rings. The lowest BCUT2D eigenvalue weighted by Gasteiger charge is -2.39. The molecule has 2 saturated carbocycles. The third-order valence-electron chi connectivity index (χ3n) is 7.68. The lowest BCUT2D eigenvalue weighted by atomic mass is 9.64. The molecule has 0 radical (unpaired) electrons. The molecule has 0 spiro atoms. The largest absolute Gasteiger partial charge is 0.366 e. The molecule has 0 saturated heterocycles. The standard InChI is InChI=1S/C24H23BrCl2N2O3/c1-22(2)23(3)10-11-24(22,21(31)28-14-8-9-17(26)18(27)12-14)13-19(23)29-32-20(30)15-6-4-5-7-16(15)25/h4-9,12H,10-11,13H2,1-3H3,(H,28,31)/b29-19-. The minimum atomic E-state index is -0.674. The molecular formula is C24H23BrCl2N2O3. The van der Waals surface area contributed by atoms with Gasteiger partial charge in [0, 0.05) is 22.0 Å². The summed E-state index contributed by atoms with van der Waals surface area (Å²) >= 11 is 15.5. The van der Waals surface area contributed by atoms with Crippen molar-refractivity contribution in [3.63, 3.8) is 0 Å². The summed E-state index contributed by atoms with van der Waals surface area (Å²) in [5, 5.41) is 8.10. The average Bonchev–Trinajstić information content (AvgIpc) is 3.05. The van der Waals surface area contributed by atoms with Crippen LogP contribution < -0.4 is 5.32 Å². The Morgan fingerprint density at radius 2 is 1.78 bits per heavy atom. The van der Waals surface area contributed by atoms with E-state index >= 15 is 0 Å². The maximum Gasteiger partial charge on any atom is 0.366 e. The third-order valence-corrected chi connectivity index (χ3v) is 9.11. The van der Waals surface area contributed by atoms with E-state index in [0.29, 0.717) is 32.2 Å². The van der Waals surface area contributed by atoms with E-state index in [4.69, 9.17) is 28.0 Å². The SMILES string of the molecule is CC12CCC(C(=O)Nc3ccc(Cl)c(Cl)c3)(C/C1=N/OC(=O)c1ccccc1Br)C2(C)C. The molecule has 2 aliphatic carbocycles. The van der Waals surface area contributed by atoms with Crippen LogP contribution in [0.1, 0.15) is 50.4 Å². The van der Waals surface area contributed by atoms with Crippen molar-refractivity contribution < 1.29 is 14.4 Å². The zero-order valence-electron chi connectivity index (χ0n) is 18.0. The van der Waals surface area contributed by atoms with Crippen LogP contribution >= 0.6 is 39.1 Å². The van der Waals surface area contributed by atoms with Crippen LogP contribution in [0, 0.1) is 16.2 Å². The molecule has 1 amide bonds. The van der Waals surface area contributed by atoms with Crippen molar-refractivity contribution in [2.45, 2.75) is 40.0 Å². The molecule has 8 heteroatoms. The second kappa shape index (κ2) is 8.15. The first-order valence-electron chi connectivity index (χ1n) is 10.3. The lowest BCUT2D eigenvalue weighted by molar-refractivity contribution is -0.130. The van der Waals surface area contributed by atoms with Crippen LogP contribution in [0.4, 0.5) is 5.69 Å². The summed E-state index contributed by atoms with van der Waals surface area (Å²) in [5.41, 5.74) is 0.297. The van der Waals surface area contributed by atoms with Gasteiger partial charge in [-0.2, -0.15) is 0 Å². The molecule has 32 heavy (non-hydrogen) atoms. The molecule has 0 aromatic heterocycles. The summed E-state index contributed by atoms with van der Waals surface area (Å²) in [5.74, 6) is -0.629. The maximum absolute atomic E-state index is 13.5. The number of halogens is 3. The fourth-order valence-corrected chi connectivity index (χ4v) is 5.86. The fraction of sp³-hybridized carbons (Fsp3) is 0.375. The van der Waals surface area contributed by atoms with Crippen LogP contribution in [0.5, 0.6) is 0 Å². The van der Waals surface area contributed by atoms with E-state index in [0.717, 1.165) is 18.6 Å². The smallest absolute Gasteiger partial charge is 0.326 e. The van der Waals surface area contributed by atoms with Gasteiger partial charge in [-0.25, -0.2) is 4.79 Å². The summed E-state index contributed by atoms with van der Waals surface area (Å²) in [7, 11) is 0. The van der Waals surface area contributed by atoms with Crippen molar-refractivity contribution in [1.82, 2.24) is 0 Å². The number of carbonyl (C=O) groups excluding carboxylic acids is 2. The average molecular weight is 538 g/mol. The Morgan fingerprint density at radius 1 is 1.06 bits per heavy atom. The summed E-state index contributed by atoms with van der Waals surface area (Å²) in [6, 6.07) is 12.1. The van der Waals surface area contributed by atoms with Crippen molar-refractivity contribution in [2.24, 2.45) is 21.4 Å². The number of benzene rings is 2. The Hall–Kier alpha value is -1.89. The first-order valence-corrected chi connectivity index (χ1v) is 11.9. The van der Waals surface area contributed by atoms with Gasteiger partial charge >= 0.3 is 5.97 Å². The monoisotopic (exact) mass is 536 g/mol. The molecule has 2 aromatic carbocycles. The molecule has 2 bridgehead atoms. The minimum absolute atomic E-state index is 0.0908. The van der Waals surface area contributed by atoms with Crippen LogP contribution in [-0.4, -0.2) is 17.6 Å². The van der Waals surface area contributed by atoms with Gasteiger partial charge in [0.25, 0.3) is 0 Å². The molecule has 1 N–H and O–H groups in total. The van der Waals surface area contributed by atoms with Gasteiger partial charge in [-0.15, -0.1) is 0 Å². The maximum atomic E-state index is 13.5. The highest BCUT2D eigenvalue weighted by Gasteiger charge is 2.71. The first kappa shape index (κ1) is 23.3. The number of rotatable bonds is 4. The molecule has 168 valence electrons. The highest BCUT2D eigenvalue weighted by Crippen LogP contribution is 2.71. The number of oxime groups is 1. The first-order chi connectivity index (χ1) is 15.0. The molecule has 2 unspecified atom stereocenters. The number of nitrogens with zero attached hydrogens (tertiary/aromatic N) is 1. The Bertz CT molecular complexity index is 1150. The molecule has 4 rings (SSSR count). The van der Waals surface area contributed by atoms with Crippen molar-refractivity contribution in [3.8, 4) is 0 Å². The van der Waals surface area contributed by atoms with Gasteiger partial charge in [-0.05, 0) is 64.5 Å². The summed E-state index contributed by atoms with van der Waals surface area (Å²) < 4.78 is 0.641. The second-order valence-corrected chi connectivity index (χ2v) is 10.9. The van der Waals surface area contributed by atoms with Crippen LogP contribution in [-0.2, 0) is 9.63 Å². The zero-order chi connectivity index (χ0) is 23.3. The summed E-state index contributed by atoms with van der Waals surface area (Å²) in [4.78, 5) is 31.4. The molecule has 2 aliphatic rings. The molecule has 0 heterocycles. The molecule has 2 fully saturated rings. The van der Waals surface area contributed by atoms with Crippen LogP contribution in [0.3, 0.4) is 0 Å². The third kappa shape index (κ3) is 3.47. The van der Waals surface area contributed by atoms with E-state index in [1.165, 1.54) is 0 Å². The number of hydrogen-bond acceptors (Lipinski definition) is 4. The van der Waals surface area contributed by atoms with Crippen molar-refractivity contribution in [1.29, 1.82) is 0 Å². The number of fused-ring (bicyclic) bond motifs is 2. The predicted octanol–water partition coefficient (Wildman–Crippen LogP) is 7.12. The summed E-state index contributed by atoms with van der Waals surface area (Å²) in [6.45, 7) is 6.28. The molecular weight excluding hydrogens is 515 g/mol. The summed E-state index contributed by atoms with van der Waals surface area (Å²) in [6.07, 6.45) is 1.92. The number of anilines is 1. The van der Waals surface area contributed by atoms with E-state index < -0.39 is 16.8 Å². The van der Waals surface area contributed by atoms with Gasteiger partial charge < -0.3 is 10.2 Å². The van der Waals surface area contributed by atoms with Crippen LogP contribution in [0.15, 0.2) is 52.1 Å². The lowest BCUT2D eigenvalue weighted by Crippen LogP contribution is -2.43. The molecule has 0 aliphatic heterocycles. The highest BCUT2D eigenvalue weighted by atomic mass is 79.9.